The van der Waals surface area contributed by atoms with Crippen LogP contribution in [0.15, 0.2) is 66.9 Å². The Hall–Kier alpha value is -2.92. The highest BCUT2D eigenvalue weighted by atomic mass is 35.5. The molecule has 1 aromatic heterocycles. The predicted octanol–water partition coefficient (Wildman–Crippen LogP) is 4.50. The van der Waals surface area contributed by atoms with E-state index in [0.717, 1.165) is 22.7 Å². The molecule has 2 aromatic carbocycles. The summed E-state index contributed by atoms with van der Waals surface area (Å²) in [6, 6.07) is 17.8. The van der Waals surface area contributed by atoms with Crippen LogP contribution in [-0.4, -0.2) is 24.0 Å². The van der Waals surface area contributed by atoms with E-state index in [4.69, 9.17) is 11.6 Å². The number of hydrogen-bond acceptors (Lipinski definition) is 3. The van der Waals surface area contributed by atoms with Crippen LogP contribution < -0.4 is 10.6 Å². The van der Waals surface area contributed by atoms with Crippen LogP contribution in [0.5, 0.6) is 0 Å². The number of benzene rings is 2. The summed E-state index contributed by atoms with van der Waals surface area (Å²) in [7, 11) is 0. The summed E-state index contributed by atoms with van der Waals surface area (Å²) >= 11 is 5.99. The minimum Gasteiger partial charge on any atom is -0.385 e. The maximum absolute atomic E-state index is 13.6. The number of hydrogen-bond donors (Lipinski definition) is 2. The van der Waals surface area contributed by atoms with Gasteiger partial charge in [0.15, 0.2) is 0 Å². The fourth-order valence-corrected chi connectivity index (χ4v) is 3.02. The van der Waals surface area contributed by atoms with Crippen molar-refractivity contribution in [3.8, 4) is 0 Å². The Morgan fingerprint density at radius 2 is 1.86 bits per heavy atom. The van der Waals surface area contributed by atoms with Gasteiger partial charge in [-0.3, -0.25) is 9.78 Å². The molecule has 6 heteroatoms. The summed E-state index contributed by atoms with van der Waals surface area (Å²) in [5.74, 6) is -0.546. The van der Waals surface area contributed by atoms with E-state index in [2.05, 4.69) is 15.6 Å². The molecule has 0 saturated heterocycles. The molecule has 1 heterocycles. The molecule has 0 spiro atoms. The number of pyridine rings is 1. The monoisotopic (exact) mass is 397 g/mol. The Labute approximate surface area is 168 Å². The average molecular weight is 398 g/mol. The molecule has 2 N–H and O–H groups in total. The molecule has 28 heavy (non-hydrogen) atoms. The Balaban J connectivity index is 1.49. The van der Waals surface area contributed by atoms with Gasteiger partial charge in [0.25, 0.3) is 5.91 Å². The van der Waals surface area contributed by atoms with Gasteiger partial charge in [-0.05, 0) is 54.3 Å². The van der Waals surface area contributed by atoms with Crippen LogP contribution >= 0.6 is 11.6 Å². The van der Waals surface area contributed by atoms with E-state index in [9.17, 15) is 9.18 Å². The average Bonchev–Trinajstić information content (AvgIpc) is 2.70. The predicted molar refractivity (Wildman–Crippen MR) is 110 cm³/mol. The minimum atomic E-state index is -0.283. The second kappa shape index (κ2) is 9.85. The summed E-state index contributed by atoms with van der Waals surface area (Å²) < 4.78 is 13.6. The van der Waals surface area contributed by atoms with E-state index in [1.807, 2.05) is 30.3 Å². The molecule has 0 aliphatic rings. The lowest BCUT2D eigenvalue weighted by Gasteiger charge is -2.09. The number of carbonyl (C=O) groups excluding carboxylic acids is 1. The maximum atomic E-state index is 13.6. The number of nitrogens with zero attached hydrogens (tertiary/aromatic N) is 1. The van der Waals surface area contributed by atoms with E-state index in [1.165, 1.54) is 6.07 Å². The highest BCUT2D eigenvalue weighted by molar-refractivity contribution is 6.30. The molecule has 0 bridgehead atoms. The SMILES string of the molecule is O=C(NCCc1ccccc1F)c1cc(NCCc2cccc(Cl)c2)ccn1. The highest BCUT2D eigenvalue weighted by Gasteiger charge is 2.08. The second-order valence-corrected chi connectivity index (χ2v) is 6.77. The van der Waals surface area contributed by atoms with E-state index in [1.54, 1.807) is 30.5 Å². The largest absolute Gasteiger partial charge is 0.385 e. The van der Waals surface area contributed by atoms with Gasteiger partial charge in [-0.15, -0.1) is 0 Å². The molecular weight excluding hydrogens is 377 g/mol. The fourth-order valence-electron chi connectivity index (χ4n) is 2.81. The Morgan fingerprint density at radius 3 is 2.68 bits per heavy atom. The molecule has 0 aliphatic carbocycles. The van der Waals surface area contributed by atoms with E-state index < -0.39 is 0 Å². The zero-order chi connectivity index (χ0) is 19.8. The second-order valence-electron chi connectivity index (χ2n) is 6.33. The molecular formula is C22H21ClFN3O. The van der Waals surface area contributed by atoms with Gasteiger partial charge < -0.3 is 10.6 Å². The Kier molecular flexibility index (Phi) is 6.98. The standard InChI is InChI=1S/C22H21ClFN3O/c23-18-6-3-4-16(14-18)8-11-25-19-10-13-26-21(15-19)22(28)27-12-9-17-5-1-2-7-20(17)24/h1-7,10,13-15H,8-9,11-12H2,(H,25,26)(H,27,28). The van der Waals surface area contributed by atoms with Crippen molar-refractivity contribution in [3.05, 3.63) is 94.5 Å². The van der Waals surface area contributed by atoms with Crippen LogP contribution in [0.25, 0.3) is 0 Å². The van der Waals surface area contributed by atoms with Crippen LogP contribution in [-0.2, 0) is 12.8 Å². The van der Waals surface area contributed by atoms with Gasteiger partial charge in [-0.1, -0.05) is 41.9 Å². The van der Waals surface area contributed by atoms with Crippen molar-refractivity contribution in [2.24, 2.45) is 0 Å². The van der Waals surface area contributed by atoms with Gasteiger partial charge in [0.1, 0.15) is 11.5 Å². The van der Waals surface area contributed by atoms with E-state index in [0.29, 0.717) is 30.8 Å². The smallest absolute Gasteiger partial charge is 0.269 e. The van der Waals surface area contributed by atoms with Gasteiger partial charge in [0.2, 0.25) is 0 Å². The first kappa shape index (κ1) is 19.8. The van der Waals surface area contributed by atoms with Crippen molar-refractivity contribution < 1.29 is 9.18 Å². The number of rotatable bonds is 8. The lowest BCUT2D eigenvalue weighted by molar-refractivity contribution is 0.0949. The van der Waals surface area contributed by atoms with Gasteiger partial charge >= 0.3 is 0 Å². The minimum absolute atomic E-state index is 0.263. The molecule has 3 aromatic rings. The molecule has 0 unspecified atom stereocenters. The van der Waals surface area contributed by atoms with Crippen LogP contribution in [0.1, 0.15) is 21.6 Å². The van der Waals surface area contributed by atoms with E-state index in [-0.39, 0.29) is 11.7 Å². The van der Waals surface area contributed by atoms with Gasteiger partial charge in [0.05, 0.1) is 0 Å². The third kappa shape index (κ3) is 5.79. The summed E-state index contributed by atoms with van der Waals surface area (Å²) in [6.07, 6.45) is 2.83. The Bertz CT molecular complexity index is 948. The number of anilines is 1. The maximum Gasteiger partial charge on any atom is 0.269 e. The zero-order valence-electron chi connectivity index (χ0n) is 15.3. The Morgan fingerprint density at radius 1 is 1.00 bits per heavy atom. The molecule has 3 rings (SSSR count). The normalized spacial score (nSPS) is 10.5. The zero-order valence-corrected chi connectivity index (χ0v) is 16.0. The molecule has 0 aliphatic heterocycles. The number of carbonyl (C=O) groups is 1. The molecule has 144 valence electrons. The summed E-state index contributed by atoms with van der Waals surface area (Å²) in [5.41, 5.74) is 2.85. The molecule has 1 amide bonds. The summed E-state index contributed by atoms with van der Waals surface area (Å²) in [6.45, 7) is 1.05. The number of amides is 1. The van der Waals surface area contributed by atoms with Crippen molar-refractivity contribution in [1.29, 1.82) is 0 Å². The van der Waals surface area contributed by atoms with Crippen molar-refractivity contribution in [2.45, 2.75) is 12.8 Å². The molecule has 0 atom stereocenters. The van der Waals surface area contributed by atoms with Gasteiger partial charge in [-0.2, -0.15) is 0 Å². The lowest BCUT2D eigenvalue weighted by atomic mass is 10.1. The first-order chi connectivity index (χ1) is 13.6. The van der Waals surface area contributed by atoms with Gasteiger partial charge in [0, 0.05) is 30.0 Å². The number of aromatic nitrogens is 1. The summed E-state index contributed by atoms with van der Waals surface area (Å²) in [5, 5.41) is 6.78. The van der Waals surface area contributed by atoms with Crippen molar-refractivity contribution in [3.63, 3.8) is 0 Å². The molecule has 0 saturated carbocycles. The first-order valence-electron chi connectivity index (χ1n) is 9.08. The summed E-state index contributed by atoms with van der Waals surface area (Å²) in [4.78, 5) is 16.4. The van der Waals surface area contributed by atoms with Crippen LogP contribution in [0.3, 0.4) is 0 Å². The van der Waals surface area contributed by atoms with Crippen molar-refractivity contribution in [2.75, 3.05) is 18.4 Å². The molecule has 0 fully saturated rings. The van der Waals surface area contributed by atoms with Crippen LogP contribution in [0.2, 0.25) is 5.02 Å². The molecule has 0 radical (unpaired) electrons. The number of nitrogens with one attached hydrogen (secondary N) is 2. The number of halogens is 2. The lowest BCUT2D eigenvalue weighted by Crippen LogP contribution is -2.26. The third-order valence-electron chi connectivity index (χ3n) is 4.26. The van der Waals surface area contributed by atoms with E-state index >= 15 is 0 Å². The quantitative estimate of drug-likeness (QED) is 0.588. The van der Waals surface area contributed by atoms with Gasteiger partial charge in [-0.25, -0.2) is 4.39 Å². The fraction of sp³-hybridized carbons (Fsp3) is 0.182. The van der Waals surface area contributed by atoms with Crippen LogP contribution in [0.4, 0.5) is 10.1 Å². The highest BCUT2D eigenvalue weighted by Crippen LogP contribution is 2.13. The third-order valence-corrected chi connectivity index (χ3v) is 4.50. The van der Waals surface area contributed by atoms with Crippen LogP contribution in [0, 0.1) is 5.82 Å². The first-order valence-corrected chi connectivity index (χ1v) is 9.45. The molecule has 4 nitrogen and oxygen atoms in total. The topological polar surface area (TPSA) is 54.0 Å². The van der Waals surface area contributed by atoms with Crippen molar-refractivity contribution in [1.82, 2.24) is 10.3 Å². The van der Waals surface area contributed by atoms with Crippen molar-refractivity contribution >= 4 is 23.2 Å².